The van der Waals surface area contributed by atoms with Crippen molar-refractivity contribution in [3.63, 3.8) is 0 Å². The van der Waals surface area contributed by atoms with Crippen molar-refractivity contribution in [1.29, 1.82) is 0 Å². The van der Waals surface area contributed by atoms with Crippen LogP contribution in [0.3, 0.4) is 0 Å². The Hall–Kier alpha value is -1.59. The monoisotopic (exact) mass is 282 g/mol. The molecule has 1 saturated heterocycles. The molecule has 102 valence electrons. The van der Waals surface area contributed by atoms with Crippen molar-refractivity contribution in [2.45, 2.75) is 4.87 Å². The van der Waals surface area contributed by atoms with Crippen LogP contribution in [0.5, 0.6) is 0 Å². The molecule has 1 unspecified atom stereocenters. The van der Waals surface area contributed by atoms with Gasteiger partial charge in [0.05, 0.1) is 0 Å². The Labute approximate surface area is 116 Å². The molecule has 1 heterocycles. The van der Waals surface area contributed by atoms with Crippen LogP contribution in [0.25, 0.3) is 0 Å². The van der Waals surface area contributed by atoms with Crippen LogP contribution in [-0.4, -0.2) is 48.1 Å². The Morgan fingerprint density at radius 3 is 2.32 bits per heavy atom. The van der Waals surface area contributed by atoms with Gasteiger partial charge >= 0.3 is 5.97 Å². The first kappa shape index (κ1) is 13.8. The highest BCUT2D eigenvalue weighted by Gasteiger charge is 2.48. The zero-order valence-electron chi connectivity index (χ0n) is 10.3. The van der Waals surface area contributed by atoms with Crippen LogP contribution in [0.2, 0.25) is 0 Å². The fraction of sp³-hybridized carbons (Fsp3) is 0.385. The van der Waals surface area contributed by atoms with Gasteiger partial charge < -0.3 is 15.3 Å². The lowest BCUT2D eigenvalue weighted by atomic mass is 9.96. The Kier molecular flexibility index (Phi) is 4.07. The molecule has 2 N–H and O–H groups in total. The molecule has 6 heteroatoms. The molecule has 2 rings (SSSR count). The number of amides is 1. The normalized spacial score (nSPS) is 18.7. The summed E-state index contributed by atoms with van der Waals surface area (Å²) < 4.78 is 0. The number of carboxylic acids is 1. The van der Waals surface area contributed by atoms with E-state index in [0.29, 0.717) is 26.2 Å². The molecule has 1 aromatic rings. The molecule has 0 bridgehead atoms. The van der Waals surface area contributed by atoms with E-state index in [1.54, 1.807) is 30.3 Å². The maximum Gasteiger partial charge on any atom is 0.339 e. The number of hydrogen-bond donors (Lipinski definition) is 2. The molecule has 5 nitrogen and oxygen atoms in total. The summed E-state index contributed by atoms with van der Waals surface area (Å²) in [4.78, 5) is 23.4. The maximum atomic E-state index is 12.4. The number of alkyl halides is 1. The zero-order valence-corrected chi connectivity index (χ0v) is 11.1. The topological polar surface area (TPSA) is 69.6 Å². The fourth-order valence-electron chi connectivity index (χ4n) is 2.09. The Morgan fingerprint density at radius 2 is 1.79 bits per heavy atom. The van der Waals surface area contributed by atoms with E-state index in [1.165, 1.54) is 4.90 Å². The Balaban J connectivity index is 2.34. The van der Waals surface area contributed by atoms with Gasteiger partial charge in [-0.2, -0.15) is 0 Å². The number of carbonyl (C=O) groups is 2. The van der Waals surface area contributed by atoms with Crippen LogP contribution < -0.4 is 5.32 Å². The number of nitrogens with zero attached hydrogens (tertiary/aromatic N) is 1. The highest BCUT2D eigenvalue weighted by atomic mass is 35.5. The number of hydrogen-bond acceptors (Lipinski definition) is 3. The lowest BCUT2D eigenvalue weighted by Crippen LogP contribution is -2.54. The lowest BCUT2D eigenvalue weighted by molar-refractivity contribution is -0.149. The Morgan fingerprint density at radius 1 is 1.21 bits per heavy atom. The van der Waals surface area contributed by atoms with Crippen molar-refractivity contribution in [2.75, 3.05) is 26.2 Å². The van der Waals surface area contributed by atoms with Crippen molar-refractivity contribution in [3.8, 4) is 0 Å². The maximum absolute atomic E-state index is 12.4. The molecule has 1 aliphatic rings. The molecular formula is C13H15ClN2O3. The summed E-state index contributed by atoms with van der Waals surface area (Å²) in [5.74, 6) is -1.92. The SMILES string of the molecule is O=C(O)C(Cl)(C(=O)N1CCNCC1)c1ccccc1. The summed E-state index contributed by atoms with van der Waals surface area (Å²) in [6.45, 7) is 2.22. The van der Waals surface area contributed by atoms with Crippen LogP contribution in [0, 0.1) is 0 Å². The number of benzene rings is 1. The first-order valence-electron chi connectivity index (χ1n) is 6.04. The van der Waals surface area contributed by atoms with E-state index in [2.05, 4.69) is 5.32 Å². The molecule has 1 aliphatic heterocycles. The van der Waals surface area contributed by atoms with E-state index >= 15 is 0 Å². The van der Waals surface area contributed by atoms with Crippen LogP contribution in [0.15, 0.2) is 30.3 Å². The van der Waals surface area contributed by atoms with Crippen molar-refractivity contribution in [2.24, 2.45) is 0 Å². The lowest BCUT2D eigenvalue weighted by Gasteiger charge is -2.33. The highest BCUT2D eigenvalue weighted by Crippen LogP contribution is 2.32. The fourth-order valence-corrected chi connectivity index (χ4v) is 2.34. The molecular weight excluding hydrogens is 268 g/mol. The predicted molar refractivity (Wildman–Crippen MR) is 71.1 cm³/mol. The first-order valence-corrected chi connectivity index (χ1v) is 6.42. The van der Waals surface area contributed by atoms with Gasteiger partial charge in [0.2, 0.25) is 4.87 Å². The number of rotatable bonds is 3. The number of aliphatic carboxylic acids is 1. The Bertz CT molecular complexity index is 474. The summed E-state index contributed by atoms with van der Waals surface area (Å²) in [7, 11) is 0. The standard InChI is InChI=1S/C13H15ClN2O3/c14-13(12(18)19,10-4-2-1-3-5-10)11(17)16-8-6-15-7-9-16/h1-5,15H,6-9H2,(H,18,19). The minimum absolute atomic E-state index is 0.285. The molecule has 0 radical (unpaired) electrons. The zero-order chi connectivity index (χ0) is 13.9. The molecule has 0 spiro atoms. The van der Waals surface area contributed by atoms with Gasteiger partial charge in [-0.25, -0.2) is 4.79 Å². The average Bonchev–Trinajstić information content (AvgIpc) is 2.47. The van der Waals surface area contributed by atoms with Gasteiger partial charge in [-0.05, 0) is 5.56 Å². The van der Waals surface area contributed by atoms with Gasteiger partial charge in [-0.3, -0.25) is 4.79 Å². The molecule has 0 aliphatic carbocycles. The van der Waals surface area contributed by atoms with E-state index in [4.69, 9.17) is 11.6 Å². The van der Waals surface area contributed by atoms with Crippen molar-refractivity contribution < 1.29 is 14.7 Å². The highest BCUT2D eigenvalue weighted by molar-refractivity contribution is 6.44. The summed E-state index contributed by atoms with van der Waals surface area (Å²) in [6.07, 6.45) is 0. The third kappa shape index (κ3) is 2.57. The molecule has 1 amide bonds. The van der Waals surface area contributed by atoms with Gasteiger partial charge in [0.1, 0.15) is 0 Å². The number of carbonyl (C=O) groups excluding carboxylic acids is 1. The number of carboxylic acid groups (broad SMARTS) is 1. The second-order valence-corrected chi connectivity index (χ2v) is 4.94. The van der Waals surface area contributed by atoms with Gasteiger partial charge in [-0.1, -0.05) is 41.9 Å². The van der Waals surface area contributed by atoms with E-state index in [1.807, 2.05) is 0 Å². The van der Waals surface area contributed by atoms with Gasteiger partial charge in [-0.15, -0.1) is 0 Å². The molecule has 0 saturated carbocycles. The minimum Gasteiger partial charge on any atom is -0.479 e. The third-order valence-corrected chi connectivity index (χ3v) is 3.71. The summed E-state index contributed by atoms with van der Waals surface area (Å²) >= 11 is 6.17. The van der Waals surface area contributed by atoms with Gasteiger partial charge in [0.25, 0.3) is 5.91 Å². The van der Waals surface area contributed by atoms with E-state index in [-0.39, 0.29) is 5.56 Å². The molecule has 1 aromatic carbocycles. The van der Waals surface area contributed by atoms with Crippen molar-refractivity contribution >= 4 is 23.5 Å². The molecule has 1 fully saturated rings. The van der Waals surface area contributed by atoms with Crippen LogP contribution in [0.1, 0.15) is 5.56 Å². The first-order chi connectivity index (χ1) is 9.06. The number of halogens is 1. The van der Waals surface area contributed by atoms with Crippen molar-refractivity contribution in [1.82, 2.24) is 10.2 Å². The van der Waals surface area contributed by atoms with Gasteiger partial charge in [0.15, 0.2) is 0 Å². The second-order valence-electron chi connectivity index (χ2n) is 4.37. The van der Waals surface area contributed by atoms with E-state index < -0.39 is 16.8 Å². The van der Waals surface area contributed by atoms with Crippen LogP contribution in [0.4, 0.5) is 0 Å². The summed E-state index contributed by atoms with van der Waals surface area (Å²) in [5.41, 5.74) is 0.285. The molecule has 19 heavy (non-hydrogen) atoms. The smallest absolute Gasteiger partial charge is 0.339 e. The van der Waals surface area contributed by atoms with Crippen molar-refractivity contribution in [3.05, 3.63) is 35.9 Å². The summed E-state index contributed by atoms with van der Waals surface area (Å²) in [5, 5.41) is 12.5. The van der Waals surface area contributed by atoms with E-state index in [9.17, 15) is 14.7 Å². The third-order valence-electron chi connectivity index (χ3n) is 3.17. The van der Waals surface area contributed by atoms with Crippen LogP contribution in [-0.2, 0) is 14.5 Å². The molecule has 1 atom stereocenters. The van der Waals surface area contributed by atoms with Gasteiger partial charge in [0, 0.05) is 26.2 Å². The predicted octanol–water partition coefficient (Wildman–Crippen LogP) is 0.637. The number of nitrogens with one attached hydrogen (secondary N) is 1. The second kappa shape index (κ2) is 5.59. The van der Waals surface area contributed by atoms with Crippen LogP contribution >= 0.6 is 11.6 Å². The quantitative estimate of drug-likeness (QED) is 0.630. The number of piperazine rings is 1. The van der Waals surface area contributed by atoms with E-state index in [0.717, 1.165) is 0 Å². The minimum atomic E-state index is -2.04. The summed E-state index contributed by atoms with van der Waals surface area (Å²) in [6, 6.07) is 8.20. The molecule has 0 aromatic heterocycles. The largest absolute Gasteiger partial charge is 0.479 e. The average molecular weight is 283 g/mol.